The second-order valence-corrected chi connectivity index (χ2v) is 7.29. The molecular formula is C23H28O4. The highest BCUT2D eigenvalue weighted by Gasteiger charge is 2.28. The van der Waals surface area contributed by atoms with E-state index in [1.807, 2.05) is 25.1 Å². The number of carbonyl (C=O) groups excluding carboxylic acids is 1. The summed E-state index contributed by atoms with van der Waals surface area (Å²) in [6.45, 7) is 6.25. The van der Waals surface area contributed by atoms with Crippen LogP contribution in [0, 0.1) is 13.8 Å². The molecule has 0 aliphatic heterocycles. The first-order chi connectivity index (χ1) is 12.9. The van der Waals surface area contributed by atoms with Crippen molar-refractivity contribution in [2.45, 2.75) is 58.7 Å². The zero-order valence-electron chi connectivity index (χ0n) is 16.3. The lowest BCUT2D eigenvalue weighted by molar-refractivity contribution is 0.0519. The summed E-state index contributed by atoms with van der Waals surface area (Å²) in [5.74, 6) is -0.334. The third-order valence-electron chi connectivity index (χ3n) is 5.56. The second kappa shape index (κ2) is 8.24. The molecule has 2 unspecified atom stereocenters. The normalized spacial score (nSPS) is 19.7. The van der Waals surface area contributed by atoms with Gasteiger partial charge in [0.1, 0.15) is 0 Å². The summed E-state index contributed by atoms with van der Waals surface area (Å²) in [7, 11) is 0. The number of rotatable bonds is 2. The van der Waals surface area contributed by atoms with Crippen molar-refractivity contribution >= 4 is 5.97 Å². The zero-order valence-corrected chi connectivity index (χ0v) is 16.3. The molecule has 2 N–H and O–H groups in total. The van der Waals surface area contributed by atoms with E-state index in [0.29, 0.717) is 18.6 Å². The molecule has 0 saturated carbocycles. The highest BCUT2D eigenvalue weighted by atomic mass is 16.5. The third-order valence-corrected chi connectivity index (χ3v) is 5.56. The number of hydrogen-bond acceptors (Lipinski definition) is 4. The zero-order chi connectivity index (χ0) is 19.6. The van der Waals surface area contributed by atoms with Gasteiger partial charge in [-0.1, -0.05) is 24.3 Å². The van der Waals surface area contributed by atoms with Crippen molar-refractivity contribution in [2.75, 3.05) is 6.61 Å². The van der Waals surface area contributed by atoms with Crippen LogP contribution in [0.2, 0.25) is 0 Å². The molecule has 2 aromatic carbocycles. The Morgan fingerprint density at radius 3 is 2.37 bits per heavy atom. The molecule has 0 saturated heterocycles. The van der Waals surface area contributed by atoms with Crippen LogP contribution in [-0.4, -0.2) is 22.8 Å². The van der Waals surface area contributed by atoms with E-state index < -0.39 is 6.10 Å². The van der Waals surface area contributed by atoms with Gasteiger partial charge in [-0.15, -0.1) is 0 Å². The minimum Gasteiger partial charge on any atom is -0.462 e. The highest BCUT2D eigenvalue weighted by molar-refractivity contribution is 5.92. The van der Waals surface area contributed by atoms with Crippen LogP contribution in [0.1, 0.15) is 75.7 Å². The molecule has 2 aliphatic rings. The van der Waals surface area contributed by atoms with Gasteiger partial charge in [0.25, 0.3) is 0 Å². The van der Waals surface area contributed by atoms with E-state index in [9.17, 15) is 15.0 Å². The lowest BCUT2D eigenvalue weighted by Gasteiger charge is -2.12. The third kappa shape index (κ3) is 3.92. The number of benzene rings is 2. The molecule has 0 spiro atoms. The van der Waals surface area contributed by atoms with Gasteiger partial charge >= 0.3 is 5.97 Å². The van der Waals surface area contributed by atoms with Gasteiger partial charge in [-0.2, -0.15) is 0 Å². The monoisotopic (exact) mass is 368 g/mol. The maximum Gasteiger partial charge on any atom is 0.338 e. The van der Waals surface area contributed by atoms with Crippen LogP contribution in [0.3, 0.4) is 0 Å². The molecule has 2 atom stereocenters. The Balaban J connectivity index is 0.000000166. The van der Waals surface area contributed by atoms with Crippen molar-refractivity contribution in [3.05, 3.63) is 69.3 Å². The fraction of sp³-hybridized carbons (Fsp3) is 0.435. The molecule has 2 aromatic rings. The fourth-order valence-electron chi connectivity index (χ4n) is 4.11. The van der Waals surface area contributed by atoms with Crippen molar-refractivity contribution in [1.82, 2.24) is 0 Å². The molecule has 144 valence electrons. The van der Waals surface area contributed by atoms with Gasteiger partial charge in [-0.3, -0.25) is 0 Å². The summed E-state index contributed by atoms with van der Waals surface area (Å²) in [5.41, 5.74) is 7.37. The van der Waals surface area contributed by atoms with Gasteiger partial charge in [-0.25, -0.2) is 4.79 Å². The minimum atomic E-state index is -0.519. The molecule has 27 heavy (non-hydrogen) atoms. The summed E-state index contributed by atoms with van der Waals surface area (Å²) in [5, 5.41) is 19.4. The van der Waals surface area contributed by atoms with E-state index in [-0.39, 0.29) is 12.1 Å². The Morgan fingerprint density at radius 1 is 1.00 bits per heavy atom. The van der Waals surface area contributed by atoms with Gasteiger partial charge in [-0.05, 0) is 85.9 Å². The van der Waals surface area contributed by atoms with Gasteiger partial charge in [0.15, 0.2) is 0 Å². The summed E-state index contributed by atoms with van der Waals surface area (Å²) < 4.78 is 4.99. The van der Waals surface area contributed by atoms with Crippen molar-refractivity contribution in [3.8, 4) is 0 Å². The smallest absolute Gasteiger partial charge is 0.338 e. The van der Waals surface area contributed by atoms with Crippen LogP contribution in [0.5, 0.6) is 0 Å². The lowest BCUT2D eigenvalue weighted by Crippen LogP contribution is -2.10. The Morgan fingerprint density at radius 2 is 1.67 bits per heavy atom. The van der Waals surface area contributed by atoms with Crippen LogP contribution < -0.4 is 0 Å². The predicted molar refractivity (Wildman–Crippen MR) is 105 cm³/mol. The molecule has 0 heterocycles. The fourth-order valence-corrected chi connectivity index (χ4v) is 4.11. The Labute approximate surface area is 160 Å². The van der Waals surface area contributed by atoms with Crippen LogP contribution in [0.25, 0.3) is 0 Å². The number of aliphatic hydroxyl groups is 2. The number of hydrogen-bond donors (Lipinski definition) is 2. The summed E-state index contributed by atoms with van der Waals surface area (Å²) in [6, 6.07) is 9.82. The first kappa shape index (κ1) is 19.6. The van der Waals surface area contributed by atoms with Gasteiger partial charge in [0.05, 0.1) is 24.4 Å². The number of carbonyl (C=O) groups is 1. The summed E-state index contributed by atoms with van der Waals surface area (Å²) in [4.78, 5) is 11.7. The summed E-state index contributed by atoms with van der Waals surface area (Å²) >= 11 is 0. The van der Waals surface area contributed by atoms with Gasteiger partial charge in [0, 0.05) is 0 Å². The molecule has 0 amide bonds. The molecule has 0 fully saturated rings. The second-order valence-electron chi connectivity index (χ2n) is 7.29. The molecule has 2 aliphatic carbocycles. The molecule has 0 aromatic heterocycles. The molecule has 4 nitrogen and oxygen atoms in total. The first-order valence-electron chi connectivity index (χ1n) is 9.68. The van der Waals surface area contributed by atoms with E-state index in [0.717, 1.165) is 41.5 Å². The number of esters is 1. The predicted octanol–water partition coefficient (Wildman–Crippen LogP) is 4.13. The topological polar surface area (TPSA) is 66.8 Å². The van der Waals surface area contributed by atoms with E-state index in [4.69, 9.17) is 4.74 Å². The molecular weight excluding hydrogens is 340 g/mol. The minimum absolute atomic E-state index is 0.204. The van der Waals surface area contributed by atoms with Gasteiger partial charge in [0.2, 0.25) is 0 Å². The van der Waals surface area contributed by atoms with Crippen LogP contribution in [-0.2, 0) is 17.6 Å². The van der Waals surface area contributed by atoms with E-state index in [2.05, 4.69) is 13.0 Å². The maximum absolute atomic E-state index is 11.7. The van der Waals surface area contributed by atoms with E-state index in [1.54, 1.807) is 13.0 Å². The number of ether oxygens (including phenoxy) is 1. The lowest BCUT2D eigenvalue weighted by atomic mass is 9.98. The number of aryl methyl sites for hydroxylation is 2. The van der Waals surface area contributed by atoms with Crippen molar-refractivity contribution in [1.29, 1.82) is 0 Å². The van der Waals surface area contributed by atoms with Gasteiger partial charge < -0.3 is 14.9 Å². The van der Waals surface area contributed by atoms with E-state index >= 15 is 0 Å². The average molecular weight is 368 g/mol. The average Bonchev–Trinajstić information content (AvgIpc) is 3.22. The van der Waals surface area contributed by atoms with Crippen LogP contribution >= 0.6 is 0 Å². The molecule has 0 bridgehead atoms. The molecule has 0 radical (unpaired) electrons. The standard InChI is InChI=1S/C13H16O3.C10H12O/c1-3-16-13(15)10-5-4-8(2)9-6-7-11(14)12(9)10;1-7-3-2-4-9-8(7)5-6-10(9)11/h4-5,11,14H,3,6-7H2,1-2H3;2-4,10-11H,5-6H2,1H3. The van der Waals surface area contributed by atoms with Crippen molar-refractivity contribution in [3.63, 3.8) is 0 Å². The largest absolute Gasteiger partial charge is 0.462 e. The van der Waals surface area contributed by atoms with Crippen molar-refractivity contribution < 1.29 is 19.7 Å². The SMILES string of the molecule is CCOC(=O)c1ccc(C)c2c1C(O)CC2.Cc1cccc2c1CCC2O. The first-order valence-corrected chi connectivity index (χ1v) is 9.68. The Bertz CT molecular complexity index is 841. The van der Waals surface area contributed by atoms with Crippen molar-refractivity contribution in [2.24, 2.45) is 0 Å². The summed E-state index contributed by atoms with van der Waals surface area (Å²) in [6.07, 6.45) is 2.77. The highest BCUT2D eigenvalue weighted by Crippen LogP contribution is 2.36. The Kier molecular flexibility index (Phi) is 5.98. The number of aliphatic hydroxyl groups excluding tert-OH is 2. The molecule has 4 rings (SSSR count). The maximum atomic E-state index is 11.7. The molecule has 4 heteroatoms. The Hall–Kier alpha value is -2.17. The van der Waals surface area contributed by atoms with Crippen LogP contribution in [0.15, 0.2) is 30.3 Å². The quantitative estimate of drug-likeness (QED) is 0.783. The van der Waals surface area contributed by atoms with E-state index in [1.165, 1.54) is 11.1 Å². The number of fused-ring (bicyclic) bond motifs is 2. The van der Waals surface area contributed by atoms with Crippen LogP contribution in [0.4, 0.5) is 0 Å².